The number of ether oxygens (including phenoxy) is 1. The number of anilines is 1. The van der Waals surface area contributed by atoms with E-state index in [0.717, 1.165) is 11.4 Å². The lowest BCUT2D eigenvalue weighted by atomic mass is 10.00. The number of benzene rings is 2. The van der Waals surface area contributed by atoms with Gasteiger partial charge in [0, 0.05) is 29.2 Å². The highest BCUT2D eigenvalue weighted by atomic mass is 35.5. The maximum atomic E-state index is 14.5. The molecule has 0 aromatic heterocycles. The Morgan fingerprint density at radius 3 is 2.73 bits per heavy atom. The Morgan fingerprint density at radius 2 is 1.93 bits per heavy atom. The first-order chi connectivity index (χ1) is 14.6. The van der Waals surface area contributed by atoms with E-state index in [-0.39, 0.29) is 18.4 Å². The fraction of sp³-hybridized carbons (Fsp3) is 0.238. The molecule has 2 amide bonds. The van der Waals surface area contributed by atoms with Crippen molar-refractivity contribution in [2.45, 2.75) is 0 Å². The number of halogens is 2. The number of hydrogen-bond donors (Lipinski definition) is 1. The Balaban J connectivity index is 1.53. The third kappa shape index (κ3) is 3.32. The fourth-order valence-corrected chi connectivity index (χ4v) is 3.93. The normalized spacial score (nSPS) is 18.4. The van der Waals surface area contributed by atoms with Crippen molar-refractivity contribution in [3.8, 4) is 0 Å². The van der Waals surface area contributed by atoms with E-state index in [2.05, 4.69) is 10.5 Å². The quantitative estimate of drug-likeness (QED) is 0.759. The first-order valence-electron chi connectivity index (χ1n) is 9.64. The summed E-state index contributed by atoms with van der Waals surface area (Å²) in [5.74, 6) is -0.352. The van der Waals surface area contributed by atoms with Crippen molar-refractivity contribution in [1.29, 1.82) is 0 Å². The molecule has 3 heterocycles. The predicted molar refractivity (Wildman–Crippen MR) is 112 cm³/mol. The van der Waals surface area contributed by atoms with Crippen LogP contribution in [-0.2, 0) is 4.74 Å². The van der Waals surface area contributed by atoms with Gasteiger partial charge in [-0.3, -0.25) is 10.0 Å². The molecule has 2 aromatic carbocycles. The smallest absolute Gasteiger partial charge is 0.340 e. The van der Waals surface area contributed by atoms with Crippen LogP contribution in [0.1, 0.15) is 11.1 Å². The molecule has 0 aliphatic carbocycles. The molecule has 154 valence electrons. The molecule has 7 nitrogen and oxygen atoms in total. The van der Waals surface area contributed by atoms with Gasteiger partial charge in [0.25, 0.3) is 0 Å². The average molecular weight is 428 g/mol. The number of fused-ring (bicyclic) bond motifs is 3. The molecule has 3 aliphatic rings. The van der Waals surface area contributed by atoms with Crippen molar-refractivity contribution < 1.29 is 13.9 Å². The lowest BCUT2D eigenvalue weighted by molar-refractivity contribution is 0.0442. The summed E-state index contributed by atoms with van der Waals surface area (Å²) >= 11 is 6.26. The maximum absolute atomic E-state index is 14.5. The highest BCUT2D eigenvalue weighted by Gasteiger charge is 2.33. The second-order valence-electron chi connectivity index (χ2n) is 7.11. The van der Waals surface area contributed by atoms with Gasteiger partial charge in [0.2, 0.25) is 0 Å². The van der Waals surface area contributed by atoms with Crippen molar-refractivity contribution >= 4 is 29.0 Å². The van der Waals surface area contributed by atoms with Crippen LogP contribution in [0.3, 0.4) is 0 Å². The van der Waals surface area contributed by atoms with E-state index in [4.69, 9.17) is 16.3 Å². The summed E-state index contributed by atoms with van der Waals surface area (Å²) < 4.78 is 19.9. The molecule has 3 aliphatic heterocycles. The number of nitrogens with one attached hydrogen (secondary N) is 1. The zero-order chi connectivity index (χ0) is 20.7. The van der Waals surface area contributed by atoms with E-state index < -0.39 is 0 Å². The van der Waals surface area contributed by atoms with Gasteiger partial charge >= 0.3 is 6.03 Å². The Bertz CT molecular complexity index is 1070. The highest BCUT2D eigenvalue weighted by Crippen LogP contribution is 2.33. The molecular formula is C21H19ClFN5O2. The summed E-state index contributed by atoms with van der Waals surface area (Å²) in [6.45, 7) is 2.41. The van der Waals surface area contributed by atoms with Crippen molar-refractivity contribution in [1.82, 2.24) is 15.4 Å². The number of rotatable bonds is 1. The van der Waals surface area contributed by atoms with Crippen LogP contribution in [0.5, 0.6) is 0 Å². The molecule has 1 N–H and O–H groups in total. The van der Waals surface area contributed by atoms with Gasteiger partial charge < -0.3 is 9.64 Å². The van der Waals surface area contributed by atoms with Crippen LogP contribution in [0.4, 0.5) is 14.9 Å². The first kappa shape index (κ1) is 19.0. The minimum atomic E-state index is -0.352. The number of amides is 2. The summed E-state index contributed by atoms with van der Waals surface area (Å²) in [5, 5.41) is 3.76. The molecule has 1 fully saturated rings. The van der Waals surface area contributed by atoms with Crippen LogP contribution >= 0.6 is 11.6 Å². The van der Waals surface area contributed by atoms with Gasteiger partial charge in [0.1, 0.15) is 5.82 Å². The third-order valence-corrected chi connectivity index (χ3v) is 5.48. The summed E-state index contributed by atoms with van der Waals surface area (Å²) in [7, 11) is 0. The van der Waals surface area contributed by atoms with Gasteiger partial charge in [-0.2, -0.15) is 0 Å². The molecule has 0 saturated carbocycles. The Kier molecular flexibility index (Phi) is 4.90. The molecule has 30 heavy (non-hydrogen) atoms. The van der Waals surface area contributed by atoms with Crippen LogP contribution in [-0.4, -0.2) is 54.5 Å². The molecular weight excluding hydrogens is 409 g/mol. The molecule has 0 spiro atoms. The standard InChI is InChI=1S/C21H19ClFN5O2/c22-14-5-6-19-17(11-14)20(16-3-1-2-4-18(16)23)24-12-15-13-27(25-28(15)19)21(29)26-7-9-30-10-8-26/h1-6,11,13,25H,7-10,12H2. The number of nitrogens with zero attached hydrogens (tertiary/aromatic N) is 4. The van der Waals surface area contributed by atoms with E-state index >= 15 is 0 Å². The summed E-state index contributed by atoms with van der Waals surface area (Å²) in [6, 6.07) is 11.7. The van der Waals surface area contributed by atoms with Gasteiger partial charge in [-0.25, -0.2) is 14.2 Å². The highest BCUT2D eigenvalue weighted by molar-refractivity contribution is 6.31. The van der Waals surface area contributed by atoms with Crippen LogP contribution in [0.15, 0.2) is 59.4 Å². The predicted octanol–water partition coefficient (Wildman–Crippen LogP) is 3.17. The van der Waals surface area contributed by atoms with Crippen LogP contribution in [0, 0.1) is 5.82 Å². The van der Waals surface area contributed by atoms with Gasteiger partial charge in [-0.1, -0.05) is 23.7 Å². The minimum Gasteiger partial charge on any atom is -0.378 e. The van der Waals surface area contributed by atoms with E-state index in [1.165, 1.54) is 11.1 Å². The first-order valence-corrected chi connectivity index (χ1v) is 10.0. The van der Waals surface area contributed by atoms with Crippen molar-refractivity contribution in [2.24, 2.45) is 4.99 Å². The maximum Gasteiger partial charge on any atom is 0.340 e. The third-order valence-electron chi connectivity index (χ3n) is 5.24. The number of hydrazine groups is 2. The molecule has 0 radical (unpaired) electrons. The molecule has 1 saturated heterocycles. The summed E-state index contributed by atoms with van der Waals surface area (Å²) in [5.41, 5.74) is 6.25. The van der Waals surface area contributed by atoms with E-state index in [1.54, 1.807) is 46.4 Å². The topological polar surface area (TPSA) is 60.4 Å². The number of hydrogen-bond acceptors (Lipinski definition) is 5. The van der Waals surface area contributed by atoms with Crippen molar-refractivity contribution in [3.05, 3.63) is 76.3 Å². The number of morpholine rings is 1. The second-order valence-corrected chi connectivity index (χ2v) is 7.55. The van der Waals surface area contributed by atoms with Crippen LogP contribution in [0.25, 0.3) is 0 Å². The van der Waals surface area contributed by atoms with Gasteiger partial charge in [0.15, 0.2) is 0 Å². The minimum absolute atomic E-state index is 0.160. The summed E-state index contributed by atoms with van der Waals surface area (Å²) in [6.07, 6.45) is 1.73. The zero-order valence-electron chi connectivity index (χ0n) is 16.0. The number of carbonyl (C=O) groups is 1. The van der Waals surface area contributed by atoms with Crippen molar-refractivity contribution in [2.75, 3.05) is 37.9 Å². The lowest BCUT2D eigenvalue weighted by Crippen LogP contribution is -2.52. The van der Waals surface area contributed by atoms with Gasteiger partial charge in [0.05, 0.1) is 43.1 Å². The largest absolute Gasteiger partial charge is 0.378 e. The fourth-order valence-electron chi connectivity index (χ4n) is 3.75. The Labute approximate surface area is 177 Å². The zero-order valence-corrected chi connectivity index (χ0v) is 16.8. The Morgan fingerprint density at radius 1 is 1.13 bits per heavy atom. The van der Waals surface area contributed by atoms with Crippen LogP contribution in [0.2, 0.25) is 5.02 Å². The molecule has 0 atom stereocenters. The monoisotopic (exact) mass is 427 g/mol. The average Bonchev–Trinajstić information content (AvgIpc) is 3.13. The molecule has 2 aromatic rings. The number of aliphatic imine (C=N–C) groups is 1. The molecule has 9 heteroatoms. The summed E-state index contributed by atoms with van der Waals surface area (Å²) in [4.78, 5) is 19.3. The number of urea groups is 1. The molecule has 0 unspecified atom stereocenters. The van der Waals surface area contributed by atoms with Crippen LogP contribution < -0.4 is 10.5 Å². The van der Waals surface area contributed by atoms with Gasteiger partial charge in [-0.05, 0) is 30.3 Å². The van der Waals surface area contributed by atoms with E-state index in [0.29, 0.717) is 48.2 Å². The van der Waals surface area contributed by atoms with E-state index in [9.17, 15) is 9.18 Å². The molecule has 0 bridgehead atoms. The van der Waals surface area contributed by atoms with Gasteiger partial charge in [-0.15, -0.1) is 5.53 Å². The second kappa shape index (κ2) is 7.71. The Hall–Kier alpha value is -2.94. The number of carbonyl (C=O) groups excluding carboxylic acids is 1. The van der Waals surface area contributed by atoms with E-state index in [1.807, 2.05) is 6.07 Å². The molecule has 5 rings (SSSR count). The lowest BCUT2D eigenvalue weighted by Gasteiger charge is -2.31. The SMILES string of the molecule is O=C(N1CCOCC1)N1C=C2CN=C(c3ccccc3F)c3cc(Cl)ccc3N2N1. The van der Waals surface area contributed by atoms with Crippen molar-refractivity contribution in [3.63, 3.8) is 0 Å².